The van der Waals surface area contributed by atoms with Gasteiger partial charge in [-0.05, 0) is 61.2 Å². The first kappa shape index (κ1) is 32.4. The molecule has 44 heavy (non-hydrogen) atoms. The van der Waals surface area contributed by atoms with E-state index in [0.717, 1.165) is 27.1 Å². The van der Waals surface area contributed by atoms with Gasteiger partial charge in [0.25, 0.3) is 10.0 Å². The van der Waals surface area contributed by atoms with Crippen molar-refractivity contribution >= 4 is 27.5 Å². The summed E-state index contributed by atoms with van der Waals surface area (Å²) in [6.07, 6.45) is 0.887. The van der Waals surface area contributed by atoms with Gasteiger partial charge in [-0.3, -0.25) is 13.9 Å². The maximum Gasteiger partial charge on any atom is 0.264 e. The van der Waals surface area contributed by atoms with Crippen LogP contribution in [0.4, 0.5) is 10.1 Å². The summed E-state index contributed by atoms with van der Waals surface area (Å²) in [4.78, 5) is 29.6. The van der Waals surface area contributed by atoms with E-state index in [1.54, 1.807) is 18.2 Å². The van der Waals surface area contributed by atoms with Gasteiger partial charge in [0.1, 0.15) is 18.4 Å². The number of para-hydroxylation sites is 1. The van der Waals surface area contributed by atoms with Crippen LogP contribution in [0.25, 0.3) is 0 Å². The van der Waals surface area contributed by atoms with Crippen molar-refractivity contribution in [2.75, 3.05) is 10.8 Å². The fraction of sp³-hybridized carbons (Fsp3) is 0.257. The van der Waals surface area contributed by atoms with Crippen molar-refractivity contribution in [1.29, 1.82) is 0 Å². The Morgan fingerprint density at radius 3 is 2.07 bits per heavy atom. The number of carbonyl (C=O) groups excluding carboxylic acids is 2. The first-order valence-electron chi connectivity index (χ1n) is 14.6. The SMILES string of the molecule is CCC(C)NC(=O)C(Cc1ccccc1)N(Cc1ccccc1C)C(=O)CN(c1ccccc1F)S(=O)(=O)c1ccccc1. The molecule has 9 heteroatoms. The largest absolute Gasteiger partial charge is 0.352 e. The van der Waals surface area contributed by atoms with Crippen molar-refractivity contribution in [3.63, 3.8) is 0 Å². The van der Waals surface area contributed by atoms with E-state index in [9.17, 15) is 18.0 Å². The first-order valence-corrected chi connectivity index (χ1v) is 16.1. The van der Waals surface area contributed by atoms with Crippen LogP contribution in [0.5, 0.6) is 0 Å². The van der Waals surface area contributed by atoms with Gasteiger partial charge in [0.2, 0.25) is 11.8 Å². The van der Waals surface area contributed by atoms with Crippen molar-refractivity contribution in [3.8, 4) is 0 Å². The summed E-state index contributed by atoms with van der Waals surface area (Å²) < 4.78 is 43.9. The van der Waals surface area contributed by atoms with Gasteiger partial charge >= 0.3 is 0 Å². The van der Waals surface area contributed by atoms with Gasteiger partial charge in [-0.2, -0.15) is 0 Å². The Morgan fingerprint density at radius 2 is 1.43 bits per heavy atom. The third-order valence-electron chi connectivity index (χ3n) is 7.61. The summed E-state index contributed by atoms with van der Waals surface area (Å²) in [7, 11) is -4.37. The number of amides is 2. The van der Waals surface area contributed by atoms with Gasteiger partial charge in [0.05, 0.1) is 10.6 Å². The number of nitrogens with one attached hydrogen (secondary N) is 1. The molecule has 4 rings (SSSR count). The fourth-order valence-corrected chi connectivity index (χ4v) is 6.30. The van der Waals surface area contributed by atoms with Crippen molar-refractivity contribution in [2.45, 2.75) is 57.1 Å². The topological polar surface area (TPSA) is 86.8 Å². The van der Waals surface area contributed by atoms with Gasteiger partial charge in [0, 0.05) is 19.0 Å². The number of sulfonamides is 1. The molecule has 230 valence electrons. The van der Waals surface area contributed by atoms with Crippen molar-refractivity contribution < 1.29 is 22.4 Å². The van der Waals surface area contributed by atoms with Crippen LogP contribution in [0.1, 0.15) is 37.0 Å². The van der Waals surface area contributed by atoms with E-state index in [1.807, 2.05) is 75.4 Å². The summed E-state index contributed by atoms with van der Waals surface area (Å²) >= 11 is 0. The van der Waals surface area contributed by atoms with Crippen molar-refractivity contribution in [1.82, 2.24) is 10.2 Å². The second-order valence-electron chi connectivity index (χ2n) is 10.7. The molecule has 4 aromatic rings. The lowest BCUT2D eigenvalue weighted by atomic mass is 10.0. The number of aryl methyl sites for hydroxylation is 1. The Morgan fingerprint density at radius 1 is 0.841 bits per heavy atom. The molecule has 4 aromatic carbocycles. The number of anilines is 1. The normalized spacial score (nSPS) is 12.6. The number of hydrogen-bond donors (Lipinski definition) is 1. The van der Waals surface area contributed by atoms with E-state index >= 15 is 4.39 Å². The van der Waals surface area contributed by atoms with Crippen LogP contribution in [0, 0.1) is 12.7 Å². The second kappa shape index (κ2) is 14.8. The first-order chi connectivity index (χ1) is 21.1. The van der Waals surface area contributed by atoms with E-state index in [0.29, 0.717) is 6.42 Å². The molecule has 0 aliphatic heterocycles. The minimum absolute atomic E-state index is 0.0490. The molecule has 2 unspecified atom stereocenters. The van der Waals surface area contributed by atoms with E-state index in [4.69, 9.17) is 0 Å². The molecule has 1 N–H and O–H groups in total. The highest BCUT2D eigenvalue weighted by Gasteiger charge is 2.35. The van der Waals surface area contributed by atoms with Gasteiger partial charge in [0.15, 0.2) is 0 Å². The molecule has 0 radical (unpaired) electrons. The van der Waals surface area contributed by atoms with Gasteiger partial charge < -0.3 is 10.2 Å². The highest BCUT2D eigenvalue weighted by molar-refractivity contribution is 7.92. The van der Waals surface area contributed by atoms with Crippen molar-refractivity contribution in [2.24, 2.45) is 0 Å². The van der Waals surface area contributed by atoms with Gasteiger partial charge in [-0.15, -0.1) is 0 Å². The Kier molecular flexibility index (Phi) is 10.9. The summed E-state index contributed by atoms with van der Waals surface area (Å²) in [5, 5.41) is 3.01. The highest BCUT2D eigenvalue weighted by atomic mass is 32.2. The molecule has 7 nitrogen and oxygen atoms in total. The quantitative estimate of drug-likeness (QED) is 0.203. The summed E-state index contributed by atoms with van der Waals surface area (Å²) in [6.45, 7) is 5.08. The average Bonchev–Trinajstić information content (AvgIpc) is 3.03. The van der Waals surface area contributed by atoms with Crippen molar-refractivity contribution in [3.05, 3.63) is 132 Å². The summed E-state index contributed by atoms with van der Waals surface area (Å²) in [5.41, 5.74) is 2.29. The Balaban J connectivity index is 1.82. The number of hydrogen-bond acceptors (Lipinski definition) is 4. The lowest BCUT2D eigenvalue weighted by Gasteiger charge is -2.34. The third kappa shape index (κ3) is 7.90. The Bertz CT molecular complexity index is 1670. The van der Waals surface area contributed by atoms with Gasteiger partial charge in [-0.25, -0.2) is 12.8 Å². The molecule has 0 saturated heterocycles. The van der Waals surface area contributed by atoms with E-state index in [1.165, 1.54) is 35.2 Å². The smallest absolute Gasteiger partial charge is 0.264 e. The van der Waals surface area contributed by atoms with Crippen LogP contribution in [0.2, 0.25) is 0 Å². The van der Waals surface area contributed by atoms with Gasteiger partial charge in [-0.1, -0.05) is 91.9 Å². The Labute approximate surface area is 259 Å². The number of rotatable bonds is 13. The zero-order valence-corrected chi connectivity index (χ0v) is 26.0. The molecule has 2 atom stereocenters. The van der Waals surface area contributed by atoms with E-state index in [2.05, 4.69) is 5.32 Å². The lowest BCUT2D eigenvalue weighted by molar-refractivity contribution is -0.140. The molecule has 0 heterocycles. The average molecular weight is 616 g/mol. The standard InChI is InChI=1S/C35H38FN3O4S/c1-4-27(3)37-35(41)33(23-28-16-7-5-8-17-28)38(24-29-18-12-11-15-26(29)2)34(40)25-39(32-22-14-13-21-31(32)36)44(42,43)30-19-9-6-10-20-30/h5-22,27,33H,4,23-25H2,1-3H3,(H,37,41). The zero-order valence-electron chi connectivity index (χ0n) is 25.2. The van der Waals surface area contributed by atoms with Crippen LogP contribution in [0.3, 0.4) is 0 Å². The lowest BCUT2D eigenvalue weighted by Crippen LogP contribution is -2.54. The minimum Gasteiger partial charge on any atom is -0.352 e. The predicted molar refractivity (Wildman–Crippen MR) is 171 cm³/mol. The van der Waals surface area contributed by atoms with Crippen LogP contribution in [0.15, 0.2) is 114 Å². The monoisotopic (exact) mass is 615 g/mol. The fourth-order valence-electron chi connectivity index (χ4n) is 4.85. The minimum atomic E-state index is -4.37. The van der Waals surface area contributed by atoms with Crippen LogP contribution >= 0.6 is 0 Å². The highest BCUT2D eigenvalue weighted by Crippen LogP contribution is 2.27. The molecule has 0 saturated carbocycles. The molecule has 0 aliphatic rings. The molecular weight excluding hydrogens is 577 g/mol. The zero-order chi connectivity index (χ0) is 31.7. The number of halogens is 1. The molecule has 2 amide bonds. The Hall–Kier alpha value is -4.50. The number of nitrogens with zero attached hydrogens (tertiary/aromatic N) is 2. The van der Waals surface area contributed by atoms with E-state index in [-0.39, 0.29) is 35.5 Å². The van der Waals surface area contributed by atoms with Crippen LogP contribution in [-0.4, -0.2) is 43.8 Å². The van der Waals surface area contributed by atoms with E-state index < -0.39 is 34.3 Å². The van der Waals surface area contributed by atoms with Crippen LogP contribution < -0.4 is 9.62 Å². The molecule has 0 aromatic heterocycles. The number of benzene rings is 4. The third-order valence-corrected chi connectivity index (χ3v) is 9.38. The maximum atomic E-state index is 15.2. The second-order valence-corrected chi connectivity index (χ2v) is 12.6. The molecule has 0 bridgehead atoms. The molecule has 0 aliphatic carbocycles. The molecule has 0 spiro atoms. The maximum absolute atomic E-state index is 15.2. The summed E-state index contributed by atoms with van der Waals surface area (Å²) in [6, 6.07) is 28.8. The number of carbonyl (C=O) groups is 2. The summed E-state index contributed by atoms with van der Waals surface area (Å²) in [5.74, 6) is -1.79. The van der Waals surface area contributed by atoms with Crippen LogP contribution in [-0.2, 0) is 32.6 Å². The molecular formula is C35H38FN3O4S. The predicted octanol–water partition coefficient (Wildman–Crippen LogP) is 5.88. The molecule has 0 fully saturated rings.